The van der Waals surface area contributed by atoms with Crippen LogP contribution in [0.15, 0.2) is 22.7 Å². The number of carbonyl (C=O) groups is 1. The molecule has 0 aliphatic carbocycles. The van der Waals surface area contributed by atoms with E-state index < -0.39 is 5.82 Å². The van der Waals surface area contributed by atoms with E-state index in [0.29, 0.717) is 16.3 Å². The van der Waals surface area contributed by atoms with Crippen molar-refractivity contribution in [2.45, 2.75) is 25.7 Å². The van der Waals surface area contributed by atoms with E-state index in [-0.39, 0.29) is 30.7 Å². The van der Waals surface area contributed by atoms with Crippen LogP contribution in [-0.4, -0.2) is 43.6 Å². The molecule has 2 saturated heterocycles. The number of piperidine rings is 1. The van der Waals surface area contributed by atoms with E-state index in [1.165, 1.54) is 12.5 Å². The molecular weight excluding hydrogens is 399 g/mol. The van der Waals surface area contributed by atoms with Crippen LogP contribution in [0.1, 0.15) is 25.7 Å². The number of halogens is 3. The van der Waals surface area contributed by atoms with Crippen LogP contribution in [0.2, 0.25) is 0 Å². The molecule has 2 heterocycles. The molecule has 0 aromatic heterocycles. The number of likely N-dealkylation sites (tertiary alicyclic amines) is 1. The van der Waals surface area contributed by atoms with Gasteiger partial charge in [-0.15, -0.1) is 12.4 Å². The fourth-order valence-electron chi connectivity index (χ4n) is 3.45. The summed E-state index contributed by atoms with van der Waals surface area (Å²) < 4.78 is 19.7. The number of ether oxygens (including phenoxy) is 1. The Labute approximate surface area is 156 Å². The van der Waals surface area contributed by atoms with E-state index in [9.17, 15) is 9.18 Å². The number of nitrogens with one attached hydrogen (secondary N) is 1. The Kier molecular flexibility index (Phi) is 6.89. The molecule has 24 heavy (non-hydrogen) atoms. The maximum absolute atomic E-state index is 13.6. The maximum atomic E-state index is 13.6. The molecule has 0 atom stereocenters. The van der Waals surface area contributed by atoms with Crippen molar-refractivity contribution in [2.24, 2.45) is 5.41 Å². The topological polar surface area (TPSA) is 41.6 Å². The Morgan fingerprint density at radius 3 is 2.71 bits per heavy atom. The minimum atomic E-state index is -0.416. The SMILES string of the molecule is Cl.O=C(CCOc1ccc(Br)cc1F)N1CCC2(CCNC2)CC1. The van der Waals surface area contributed by atoms with Crippen LogP contribution in [0, 0.1) is 11.2 Å². The van der Waals surface area contributed by atoms with Gasteiger partial charge in [0.1, 0.15) is 0 Å². The summed E-state index contributed by atoms with van der Waals surface area (Å²) in [7, 11) is 0. The summed E-state index contributed by atoms with van der Waals surface area (Å²) >= 11 is 3.20. The molecule has 0 unspecified atom stereocenters. The summed E-state index contributed by atoms with van der Waals surface area (Å²) in [6, 6.07) is 4.65. The van der Waals surface area contributed by atoms with Crippen LogP contribution in [0.5, 0.6) is 5.75 Å². The molecule has 2 aliphatic rings. The summed E-state index contributed by atoms with van der Waals surface area (Å²) in [5, 5.41) is 3.43. The monoisotopic (exact) mass is 420 g/mol. The van der Waals surface area contributed by atoms with Crippen molar-refractivity contribution < 1.29 is 13.9 Å². The summed E-state index contributed by atoms with van der Waals surface area (Å²) in [6.07, 6.45) is 3.67. The van der Waals surface area contributed by atoms with E-state index in [0.717, 1.165) is 39.0 Å². The largest absolute Gasteiger partial charge is 0.490 e. The molecule has 2 fully saturated rings. The first-order valence-corrected chi connectivity index (χ1v) is 8.94. The highest BCUT2D eigenvalue weighted by atomic mass is 79.9. The molecule has 0 saturated carbocycles. The van der Waals surface area contributed by atoms with E-state index in [2.05, 4.69) is 21.2 Å². The average molecular weight is 422 g/mol. The highest BCUT2D eigenvalue weighted by molar-refractivity contribution is 9.10. The second-order valence-corrected chi connectivity index (χ2v) is 7.40. The average Bonchev–Trinajstić information content (AvgIpc) is 2.98. The van der Waals surface area contributed by atoms with Crippen molar-refractivity contribution >= 4 is 34.2 Å². The predicted molar refractivity (Wildman–Crippen MR) is 97.2 cm³/mol. The highest BCUT2D eigenvalue weighted by Gasteiger charge is 2.37. The first kappa shape index (κ1) is 19.5. The third-order valence-electron chi connectivity index (χ3n) is 4.98. The molecular formula is C17H23BrClFN2O2. The van der Waals surface area contributed by atoms with Gasteiger partial charge in [-0.25, -0.2) is 4.39 Å². The summed E-state index contributed by atoms with van der Waals surface area (Å²) in [4.78, 5) is 14.2. The number of amides is 1. The van der Waals surface area contributed by atoms with Crippen molar-refractivity contribution in [1.29, 1.82) is 0 Å². The molecule has 2 aliphatic heterocycles. The van der Waals surface area contributed by atoms with Crippen LogP contribution in [0.3, 0.4) is 0 Å². The lowest BCUT2D eigenvalue weighted by Crippen LogP contribution is -2.44. The normalized spacial score (nSPS) is 19.2. The van der Waals surface area contributed by atoms with Crippen molar-refractivity contribution in [3.8, 4) is 5.75 Å². The van der Waals surface area contributed by atoms with Gasteiger partial charge in [0.15, 0.2) is 11.6 Å². The molecule has 0 radical (unpaired) electrons. The van der Waals surface area contributed by atoms with Gasteiger partial charge >= 0.3 is 0 Å². The van der Waals surface area contributed by atoms with Gasteiger partial charge in [-0.2, -0.15) is 0 Å². The molecule has 3 rings (SSSR count). The lowest BCUT2D eigenvalue weighted by molar-refractivity contribution is -0.133. The van der Waals surface area contributed by atoms with Gasteiger partial charge in [0.2, 0.25) is 5.91 Å². The van der Waals surface area contributed by atoms with Gasteiger partial charge in [-0.3, -0.25) is 4.79 Å². The Bertz CT molecular complexity index is 572. The van der Waals surface area contributed by atoms with Crippen LogP contribution >= 0.6 is 28.3 Å². The van der Waals surface area contributed by atoms with E-state index in [1.807, 2.05) is 4.90 Å². The van der Waals surface area contributed by atoms with Gasteiger partial charge in [-0.05, 0) is 49.4 Å². The molecule has 1 aromatic rings. The zero-order valence-electron chi connectivity index (χ0n) is 13.5. The maximum Gasteiger partial charge on any atom is 0.225 e. The lowest BCUT2D eigenvalue weighted by atomic mass is 9.78. The minimum absolute atomic E-state index is 0. The Morgan fingerprint density at radius 1 is 1.33 bits per heavy atom. The predicted octanol–water partition coefficient (Wildman–Crippen LogP) is 3.38. The third kappa shape index (κ3) is 4.61. The molecule has 4 nitrogen and oxygen atoms in total. The number of rotatable bonds is 4. The first-order chi connectivity index (χ1) is 11.1. The number of benzene rings is 1. The van der Waals surface area contributed by atoms with Crippen molar-refractivity contribution in [3.63, 3.8) is 0 Å². The molecule has 1 aromatic carbocycles. The standard InChI is InChI=1S/C17H22BrFN2O2.ClH/c18-13-1-2-15(14(19)11-13)23-10-3-16(22)21-8-5-17(6-9-21)4-7-20-12-17;/h1-2,11,20H,3-10,12H2;1H. The van der Waals surface area contributed by atoms with Crippen molar-refractivity contribution in [3.05, 3.63) is 28.5 Å². The Morgan fingerprint density at radius 2 is 2.08 bits per heavy atom. The first-order valence-electron chi connectivity index (χ1n) is 8.14. The molecule has 1 N–H and O–H groups in total. The van der Waals surface area contributed by atoms with E-state index in [1.54, 1.807) is 12.1 Å². The molecule has 0 bridgehead atoms. The number of carbonyl (C=O) groups excluding carboxylic acids is 1. The molecule has 1 amide bonds. The van der Waals surface area contributed by atoms with Crippen LogP contribution in [-0.2, 0) is 4.79 Å². The quantitative estimate of drug-likeness (QED) is 0.810. The van der Waals surface area contributed by atoms with Gasteiger partial charge in [0.25, 0.3) is 0 Å². The Hall–Kier alpha value is -0.850. The highest BCUT2D eigenvalue weighted by Crippen LogP contribution is 2.37. The van der Waals surface area contributed by atoms with Gasteiger partial charge in [0.05, 0.1) is 13.0 Å². The van der Waals surface area contributed by atoms with Gasteiger partial charge in [0, 0.05) is 24.1 Å². The molecule has 1 spiro atoms. The number of hydrogen-bond acceptors (Lipinski definition) is 3. The summed E-state index contributed by atoms with van der Waals surface area (Å²) in [5.41, 5.74) is 0.411. The lowest BCUT2D eigenvalue weighted by Gasteiger charge is -2.38. The fourth-order valence-corrected chi connectivity index (χ4v) is 3.78. The van der Waals surface area contributed by atoms with Crippen molar-refractivity contribution in [2.75, 3.05) is 32.8 Å². The molecule has 7 heteroatoms. The smallest absolute Gasteiger partial charge is 0.225 e. The van der Waals surface area contributed by atoms with Gasteiger partial charge < -0.3 is 15.0 Å². The molecule has 134 valence electrons. The zero-order chi connectivity index (χ0) is 16.3. The summed E-state index contributed by atoms with van der Waals surface area (Å²) in [5.74, 6) is -0.126. The van der Waals surface area contributed by atoms with E-state index in [4.69, 9.17) is 4.74 Å². The van der Waals surface area contributed by atoms with Crippen LogP contribution in [0.4, 0.5) is 4.39 Å². The van der Waals surface area contributed by atoms with Gasteiger partial charge in [-0.1, -0.05) is 15.9 Å². The zero-order valence-corrected chi connectivity index (χ0v) is 15.9. The number of hydrogen-bond donors (Lipinski definition) is 1. The van der Waals surface area contributed by atoms with E-state index >= 15 is 0 Å². The van der Waals surface area contributed by atoms with Crippen molar-refractivity contribution in [1.82, 2.24) is 10.2 Å². The third-order valence-corrected chi connectivity index (χ3v) is 5.47. The summed E-state index contributed by atoms with van der Waals surface area (Å²) in [6.45, 7) is 4.04. The second kappa shape index (κ2) is 8.50. The van der Waals surface area contributed by atoms with Crippen LogP contribution in [0.25, 0.3) is 0 Å². The Balaban J connectivity index is 0.00000208. The van der Waals surface area contributed by atoms with Crippen LogP contribution < -0.4 is 10.1 Å². The number of nitrogens with zero attached hydrogens (tertiary/aromatic N) is 1. The fraction of sp³-hybridized carbons (Fsp3) is 0.588. The second-order valence-electron chi connectivity index (χ2n) is 6.48. The minimum Gasteiger partial charge on any atom is -0.490 e.